The lowest BCUT2D eigenvalue weighted by molar-refractivity contribution is -0.151. The van der Waals surface area contributed by atoms with Gasteiger partial charge in [0.2, 0.25) is 0 Å². The largest absolute Gasteiger partial charge is 0.479 e. The van der Waals surface area contributed by atoms with E-state index in [1.165, 1.54) is 0 Å². The van der Waals surface area contributed by atoms with Gasteiger partial charge in [-0.2, -0.15) is 0 Å². The second-order valence-electron chi connectivity index (χ2n) is 5.84. The van der Waals surface area contributed by atoms with E-state index >= 15 is 0 Å². The molecule has 122 valence electrons. The number of aliphatic carboxylic acids is 1. The highest BCUT2D eigenvalue weighted by Crippen LogP contribution is 2.38. The summed E-state index contributed by atoms with van der Waals surface area (Å²) in [5.41, 5.74) is -1.16. The molecule has 1 saturated carbocycles. The molecule has 0 heterocycles. The zero-order valence-electron chi connectivity index (χ0n) is 13.3. The van der Waals surface area contributed by atoms with Crippen LogP contribution in [0.2, 0.25) is 0 Å². The Morgan fingerprint density at radius 1 is 1.29 bits per heavy atom. The smallest absolute Gasteiger partial charge is 0.330 e. The number of amides is 2. The molecule has 21 heavy (non-hydrogen) atoms. The minimum absolute atomic E-state index is 0.0760. The van der Waals surface area contributed by atoms with E-state index in [4.69, 9.17) is 4.74 Å². The number of ether oxygens (including phenoxy) is 1. The fourth-order valence-corrected chi connectivity index (χ4v) is 3.15. The highest BCUT2D eigenvalue weighted by Gasteiger charge is 2.51. The Hall–Kier alpha value is -1.30. The van der Waals surface area contributed by atoms with Crippen molar-refractivity contribution in [3.05, 3.63) is 0 Å². The van der Waals surface area contributed by atoms with Gasteiger partial charge in [0.1, 0.15) is 5.54 Å². The van der Waals surface area contributed by atoms with Crippen LogP contribution in [0.15, 0.2) is 0 Å². The number of hydrogen-bond donors (Lipinski definition) is 3. The van der Waals surface area contributed by atoms with Crippen LogP contribution in [-0.2, 0) is 9.53 Å². The van der Waals surface area contributed by atoms with Gasteiger partial charge in [0, 0.05) is 19.8 Å². The van der Waals surface area contributed by atoms with E-state index in [2.05, 4.69) is 10.6 Å². The summed E-state index contributed by atoms with van der Waals surface area (Å²) >= 11 is 0. The third-order valence-corrected chi connectivity index (χ3v) is 4.46. The molecule has 6 nitrogen and oxygen atoms in total. The average Bonchev–Trinajstić information content (AvgIpc) is 2.42. The van der Waals surface area contributed by atoms with Gasteiger partial charge in [0.15, 0.2) is 0 Å². The predicted molar refractivity (Wildman–Crippen MR) is 80.2 cm³/mol. The summed E-state index contributed by atoms with van der Waals surface area (Å²) in [5.74, 6) is -1.09. The maximum absolute atomic E-state index is 12.0. The van der Waals surface area contributed by atoms with Gasteiger partial charge < -0.3 is 20.5 Å². The summed E-state index contributed by atoms with van der Waals surface area (Å²) < 4.78 is 5.19. The number of carbonyl (C=O) groups is 2. The summed E-state index contributed by atoms with van der Waals surface area (Å²) in [5, 5.41) is 15.1. The normalized spacial score (nSPS) is 28.9. The molecule has 0 radical (unpaired) electrons. The molecule has 0 aliphatic heterocycles. The molecule has 0 aromatic heterocycles. The molecular weight excluding hydrogens is 272 g/mol. The maximum Gasteiger partial charge on any atom is 0.330 e. The lowest BCUT2D eigenvalue weighted by atomic mass is 9.67. The molecule has 2 atom stereocenters. The Morgan fingerprint density at radius 2 is 1.90 bits per heavy atom. The molecule has 1 rings (SSSR count). The summed E-state index contributed by atoms with van der Waals surface area (Å²) in [7, 11) is 0. The van der Waals surface area contributed by atoms with Crippen molar-refractivity contribution in [2.45, 2.75) is 52.0 Å². The lowest BCUT2D eigenvalue weighted by Gasteiger charge is -2.44. The molecule has 0 aromatic rings. The van der Waals surface area contributed by atoms with Crippen molar-refractivity contribution in [1.29, 1.82) is 0 Å². The molecule has 2 unspecified atom stereocenters. The number of hydrogen-bond acceptors (Lipinski definition) is 3. The van der Waals surface area contributed by atoms with Crippen LogP contribution in [-0.4, -0.2) is 42.4 Å². The molecule has 1 aliphatic rings. The Bertz CT molecular complexity index is 350. The van der Waals surface area contributed by atoms with Crippen molar-refractivity contribution >= 4 is 12.0 Å². The van der Waals surface area contributed by atoms with Crippen LogP contribution in [0, 0.1) is 11.8 Å². The van der Waals surface area contributed by atoms with E-state index in [0.717, 1.165) is 19.3 Å². The second kappa shape index (κ2) is 8.22. The molecule has 0 saturated heterocycles. The summed E-state index contributed by atoms with van der Waals surface area (Å²) in [6.07, 6.45) is 3.37. The van der Waals surface area contributed by atoms with Crippen molar-refractivity contribution in [3.8, 4) is 0 Å². The highest BCUT2D eigenvalue weighted by atomic mass is 16.5. The van der Waals surface area contributed by atoms with E-state index < -0.39 is 17.5 Å². The number of carboxylic acids is 1. The second-order valence-corrected chi connectivity index (χ2v) is 5.84. The molecule has 1 aliphatic carbocycles. The number of carboxylic acid groups (broad SMARTS) is 1. The fraction of sp³-hybridized carbons (Fsp3) is 0.867. The Balaban J connectivity index is 2.57. The molecule has 0 bridgehead atoms. The van der Waals surface area contributed by atoms with E-state index in [1.807, 2.05) is 20.8 Å². The maximum atomic E-state index is 12.0. The van der Waals surface area contributed by atoms with Crippen molar-refractivity contribution in [1.82, 2.24) is 10.6 Å². The van der Waals surface area contributed by atoms with E-state index in [1.54, 1.807) is 0 Å². The number of nitrogens with one attached hydrogen (secondary N) is 2. The van der Waals surface area contributed by atoms with Crippen LogP contribution in [0.1, 0.15) is 46.5 Å². The van der Waals surface area contributed by atoms with Crippen LogP contribution in [0.25, 0.3) is 0 Å². The van der Waals surface area contributed by atoms with Gasteiger partial charge in [-0.3, -0.25) is 0 Å². The zero-order valence-corrected chi connectivity index (χ0v) is 13.3. The van der Waals surface area contributed by atoms with Gasteiger partial charge in [-0.05, 0) is 38.0 Å². The molecule has 0 aromatic carbocycles. The first-order valence-corrected chi connectivity index (χ1v) is 7.82. The molecule has 1 fully saturated rings. The van der Waals surface area contributed by atoms with Gasteiger partial charge in [-0.25, -0.2) is 9.59 Å². The van der Waals surface area contributed by atoms with Crippen LogP contribution < -0.4 is 10.6 Å². The van der Waals surface area contributed by atoms with Crippen LogP contribution in [0.4, 0.5) is 4.79 Å². The molecule has 2 amide bonds. The van der Waals surface area contributed by atoms with E-state index in [9.17, 15) is 14.7 Å². The molecule has 0 spiro atoms. The van der Waals surface area contributed by atoms with Gasteiger partial charge in [-0.15, -0.1) is 0 Å². The van der Waals surface area contributed by atoms with Crippen molar-refractivity contribution in [3.63, 3.8) is 0 Å². The number of rotatable bonds is 7. The number of carbonyl (C=O) groups excluding carboxylic acids is 1. The van der Waals surface area contributed by atoms with Gasteiger partial charge in [0.25, 0.3) is 0 Å². The van der Waals surface area contributed by atoms with Gasteiger partial charge >= 0.3 is 12.0 Å². The molecule has 6 heteroatoms. The summed E-state index contributed by atoms with van der Waals surface area (Å²) in [6.45, 7) is 7.45. The van der Waals surface area contributed by atoms with Crippen molar-refractivity contribution in [2.24, 2.45) is 11.8 Å². The van der Waals surface area contributed by atoms with Crippen molar-refractivity contribution < 1.29 is 19.4 Å². The third kappa shape index (κ3) is 4.33. The quantitative estimate of drug-likeness (QED) is 0.627. The van der Waals surface area contributed by atoms with Crippen LogP contribution >= 0.6 is 0 Å². The Kier molecular flexibility index (Phi) is 6.95. The minimum Gasteiger partial charge on any atom is -0.479 e. The summed E-state index contributed by atoms with van der Waals surface area (Å²) in [6, 6.07) is -0.408. The number of urea groups is 1. The van der Waals surface area contributed by atoms with E-state index in [-0.39, 0.29) is 11.8 Å². The van der Waals surface area contributed by atoms with Crippen LogP contribution in [0.3, 0.4) is 0 Å². The van der Waals surface area contributed by atoms with Gasteiger partial charge in [-0.1, -0.05) is 20.3 Å². The Morgan fingerprint density at radius 3 is 2.43 bits per heavy atom. The standard InChI is InChI=1S/C15H28N2O4/c1-4-21-10-6-9-16-14(20)17-15(13(18)19)11(2)7-5-8-12(15)3/h11-12H,4-10H2,1-3H3,(H,18,19)(H2,16,17,20). The minimum atomic E-state index is -1.16. The first-order valence-electron chi connectivity index (χ1n) is 7.82. The first kappa shape index (κ1) is 17.8. The summed E-state index contributed by atoms with van der Waals surface area (Å²) in [4.78, 5) is 23.8. The lowest BCUT2D eigenvalue weighted by Crippen LogP contribution is -2.65. The first-order chi connectivity index (χ1) is 9.95. The monoisotopic (exact) mass is 300 g/mol. The van der Waals surface area contributed by atoms with Crippen LogP contribution in [0.5, 0.6) is 0 Å². The highest BCUT2D eigenvalue weighted by molar-refractivity contribution is 5.87. The fourth-order valence-electron chi connectivity index (χ4n) is 3.15. The topological polar surface area (TPSA) is 87.7 Å². The average molecular weight is 300 g/mol. The van der Waals surface area contributed by atoms with Crippen molar-refractivity contribution in [2.75, 3.05) is 19.8 Å². The van der Waals surface area contributed by atoms with E-state index in [0.29, 0.717) is 26.2 Å². The Labute approximate surface area is 126 Å². The predicted octanol–water partition coefficient (Wildman–Crippen LogP) is 1.99. The third-order valence-electron chi connectivity index (χ3n) is 4.46. The molecular formula is C15H28N2O4. The molecule has 3 N–H and O–H groups in total. The zero-order chi connectivity index (χ0) is 15.9. The van der Waals surface area contributed by atoms with Gasteiger partial charge in [0.05, 0.1) is 0 Å². The SMILES string of the molecule is CCOCCCNC(=O)NC1(C(=O)O)C(C)CCCC1C.